The van der Waals surface area contributed by atoms with Crippen LogP contribution < -0.4 is 5.32 Å². The van der Waals surface area contributed by atoms with Gasteiger partial charge in [-0.1, -0.05) is 29.3 Å². The summed E-state index contributed by atoms with van der Waals surface area (Å²) in [5.41, 5.74) is 1.69. The Kier molecular flexibility index (Phi) is 4.70. The quantitative estimate of drug-likeness (QED) is 0.690. The second-order valence-electron chi connectivity index (χ2n) is 3.68. The first kappa shape index (κ1) is 13.9. The highest BCUT2D eigenvalue weighted by molar-refractivity contribution is 14.1. The molecule has 0 aliphatic carbocycles. The molecule has 0 spiro atoms. The van der Waals surface area contributed by atoms with E-state index in [0.717, 1.165) is 14.8 Å². The Labute approximate surface area is 128 Å². The van der Waals surface area contributed by atoms with Crippen molar-refractivity contribution in [3.05, 3.63) is 61.4 Å². The van der Waals surface area contributed by atoms with Crippen LogP contribution in [0.25, 0.3) is 0 Å². The Balaban J connectivity index is 2.16. The van der Waals surface area contributed by atoms with Gasteiger partial charge in [-0.25, -0.2) is 4.39 Å². The highest BCUT2D eigenvalue weighted by Gasteiger charge is 2.06. The van der Waals surface area contributed by atoms with Crippen molar-refractivity contribution >= 4 is 51.5 Å². The third kappa shape index (κ3) is 3.28. The fourth-order valence-corrected chi connectivity index (χ4v) is 2.72. The summed E-state index contributed by atoms with van der Waals surface area (Å²) in [6.45, 7) is 0.500. The van der Waals surface area contributed by atoms with Crippen LogP contribution in [0.4, 0.5) is 10.1 Å². The smallest absolute Gasteiger partial charge is 0.124 e. The lowest BCUT2D eigenvalue weighted by Gasteiger charge is -2.11. The van der Waals surface area contributed by atoms with E-state index in [1.165, 1.54) is 12.1 Å². The zero-order chi connectivity index (χ0) is 13.1. The Morgan fingerprint density at radius 2 is 1.78 bits per heavy atom. The van der Waals surface area contributed by atoms with E-state index in [9.17, 15) is 4.39 Å². The van der Waals surface area contributed by atoms with E-state index in [4.69, 9.17) is 23.2 Å². The van der Waals surface area contributed by atoms with Crippen molar-refractivity contribution in [2.75, 3.05) is 5.32 Å². The third-order valence-corrected chi connectivity index (χ3v) is 4.05. The average molecular weight is 396 g/mol. The van der Waals surface area contributed by atoms with Crippen LogP contribution in [-0.2, 0) is 6.54 Å². The van der Waals surface area contributed by atoms with Crippen molar-refractivity contribution in [3.63, 3.8) is 0 Å². The molecule has 0 aliphatic heterocycles. The second kappa shape index (κ2) is 6.08. The van der Waals surface area contributed by atoms with Gasteiger partial charge < -0.3 is 5.32 Å². The molecule has 0 aromatic heterocycles. The lowest BCUT2D eigenvalue weighted by Crippen LogP contribution is -2.02. The maximum absolute atomic E-state index is 13.0. The van der Waals surface area contributed by atoms with Gasteiger partial charge in [0.1, 0.15) is 5.82 Å². The molecule has 1 nitrogen and oxygen atoms in total. The normalized spacial score (nSPS) is 10.4. The first-order valence-electron chi connectivity index (χ1n) is 5.20. The SMILES string of the molecule is Fc1ccc(NCc2c(Cl)cccc2Cl)c(I)c1. The highest BCUT2D eigenvalue weighted by atomic mass is 127. The van der Waals surface area contributed by atoms with E-state index in [0.29, 0.717) is 16.6 Å². The Bertz CT molecular complexity index is 555. The molecule has 94 valence electrons. The first-order valence-corrected chi connectivity index (χ1v) is 7.03. The minimum Gasteiger partial charge on any atom is -0.380 e. The lowest BCUT2D eigenvalue weighted by molar-refractivity contribution is 0.627. The molecule has 0 saturated carbocycles. The van der Waals surface area contributed by atoms with Crippen LogP contribution in [0, 0.1) is 9.39 Å². The van der Waals surface area contributed by atoms with Crippen molar-refractivity contribution < 1.29 is 4.39 Å². The predicted molar refractivity (Wildman–Crippen MR) is 82.9 cm³/mol. The van der Waals surface area contributed by atoms with E-state index >= 15 is 0 Å². The summed E-state index contributed by atoms with van der Waals surface area (Å²) in [4.78, 5) is 0. The molecule has 5 heteroatoms. The van der Waals surface area contributed by atoms with Crippen LogP contribution >= 0.6 is 45.8 Å². The van der Waals surface area contributed by atoms with E-state index in [1.807, 2.05) is 0 Å². The number of hydrogen-bond donors (Lipinski definition) is 1. The fraction of sp³-hybridized carbons (Fsp3) is 0.0769. The Morgan fingerprint density at radius 1 is 1.11 bits per heavy atom. The fourth-order valence-electron chi connectivity index (χ4n) is 1.52. The number of halogens is 4. The van der Waals surface area contributed by atoms with Crippen molar-refractivity contribution in [1.82, 2.24) is 0 Å². The van der Waals surface area contributed by atoms with Crippen molar-refractivity contribution in [2.24, 2.45) is 0 Å². The van der Waals surface area contributed by atoms with Gasteiger partial charge in [-0.15, -0.1) is 0 Å². The molecule has 0 aliphatic rings. The largest absolute Gasteiger partial charge is 0.380 e. The van der Waals surface area contributed by atoms with Gasteiger partial charge >= 0.3 is 0 Å². The van der Waals surface area contributed by atoms with E-state index in [2.05, 4.69) is 27.9 Å². The van der Waals surface area contributed by atoms with Crippen molar-refractivity contribution in [2.45, 2.75) is 6.54 Å². The summed E-state index contributed by atoms with van der Waals surface area (Å²) < 4.78 is 13.8. The minimum atomic E-state index is -0.249. The molecular weight excluding hydrogens is 387 g/mol. The number of hydrogen-bond acceptors (Lipinski definition) is 1. The molecule has 0 heterocycles. The van der Waals surface area contributed by atoms with E-state index in [-0.39, 0.29) is 5.82 Å². The Morgan fingerprint density at radius 3 is 2.39 bits per heavy atom. The first-order chi connectivity index (χ1) is 8.58. The van der Waals surface area contributed by atoms with Crippen LogP contribution in [0.3, 0.4) is 0 Å². The van der Waals surface area contributed by atoms with Crippen LogP contribution in [0.1, 0.15) is 5.56 Å². The monoisotopic (exact) mass is 395 g/mol. The van der Waals surface area contributed by atoms with Gasteiger partial charge in [-0.05, 0) is 52.9 Å². The maximum Gasteiger partial charge on any atom is 0.124 e. The van der Waals surface area contributed by atoms with E-state index in [1.54, 1.807) is 24.3 Å². The van der Waals surface area contributed by atoms with Crippen molar-refractivity contribution in [3.8, 4) is 0 Å². The molecule has 1 N–H and O–H groups in total. The van der Waals surface area contributed by atoms with Crippen molar-refractivity contribution in [1.29, 1.82) is 0 Å². The zero-order valence-corrected chi connectivity index (χ0v) is 12.9. The summed E-state index contributed by atoms with van der Waals surface area (Å²) in [6.07, 6.45) is 0. The van der Waals surface area contributed by atoms with Gasteiger partial charge in [0, 0.05) is 31.4 Å². The third-order valence-electron chi connectivity index (χ3n) is 2.45. The van der Waals surface area contributed by atoms with Gasteiger partial charge in [-0.2, -0.15) is 0 Å². The molecule has 0 amide bonds. The van der Waals surface area contributed by atoms with Gasteiger partial charge in [0.2, 0.25) is 0 Å². The molecule has 0 radical (unpaired) electrons. The topological polar surface area (TPSA) is 12.0 Å². The lowest BCUT2D eigenvalue weighted by atomic mass is 10.2. The summed E-state index contributed by atoms with van der Waals surface area (Å²) >= 11 is 14.2. The summed E-state index contributed by atoms with van der Waals surface area (Å²) in [6, 6.07) is 9.97. The predicted octanol–water partition coefficient (Wildman–Crippen LogP) is 5.35. The number of rotatable bonds is 3. The van der Waals surface area contributed by atoms with E-state index < -0.39 is 0 Å². The molecule has 0 atom stereocenters. The molecule has 0 fully saturated rings. The van der Waals surface area contributed by atoms with Gasteiger partial charge in [0.15, 0.2) is 0 Å². The number of benzene rings is 2. The van der Waals surface area contributed by atoms with Gasteiger partial charge in [-0.3, -0.25) is 0 Å². The Hall–Kier alpha value is -0.520. The van der Waals surface area contributed by atoms with Gasteiger partial charge in [0.05, 0.1) is 0 Å². The molecule has 2 aromatic carbocycles. The molecule has 0 bridgehead atoms. The molecule has 2 rings (SSSR count). The standard InChI is InChI=1S/C13H9Cl2FIN/c14-10-2-1-3-11(15)9(10)7-18-13-5-4-8(16)6-12(13)17/h1-6,18H,7H2. The maximum atomic E-state index is 13.0. The average Bonchev–Trinajstić information content (AvgIpc) is 2.31. The highest BCUT2D eigenvalue weighted by Crippen LogP contribution is 2.26. The summed E-state index contributed by atoms with van der Waals surface area (Å²) in [5.74, 6) is -0.249. The zero-order valence-electron chi connectivity index (χ0n) is 9.18. The van der Waals surface area contributed by atoms with Crippen LogP contribution in [0.2, 0.25) is 10.0 Å². The molecule has 18 heavy (non-hydrogen) atoms. The summed E-state index contributed by atoms with van der Waals surface area (Å²) in [7, 11) is 0. The number of anilines is 1. The van der Waals surface area contributed by atoms with Crippen LogP contribution in [0.15, 0.2) is 36.4 Å². The van der Waals surface area contributed by atoms with Gasteiger partial charge in [0.25, 0.3) is 0 Å². The molecular formula is C13H9Cl2FIN. The van der Waals surface area contributed by atoms with Crippen LogP contribution in [0.5, 0.6) is 0 Å². The number of nitrogens with one attached hydrogen (secondary N) is 1. The minimum absolute atomic E-state index is 0.249. The molecule has 2 aromatic rings. The molecule has 0 saturated heterocycles. The molecule has 0 unspecified atom stereocenters. The second-order valence-corrected chi connectivity index (χ2v) is 5.65. The summed E-state index contributed by atoms with van der Waals surface area (Å²) in [5, 5.41) is 4.43. The van der Waals surface area contributed by atoms with Crippen LogP contribution in [-0.4, -0.2) is 0 Å².